The van der Waals surface area contributed by atoms with E-state index in [2.05, 4.69) is 10.3 Å². The maximum Gasteiger partial charge on any atom is 0.305 e. The molecule has 8 rings (SSSR count). The van der Waals surface area contributed by atoms with Crippen LogP contribution in [0.1, 0.15) is 28.3 Å². The van der Waals surface area contributed by atoms with E-state index in [1.54, 1.807) is 11.8 Å². The molecular weight excluding hydrogens is 595 g/mol. The first-order chi connectivity index (χ1) is 21.4. The Bertz CT molecular complexity index is 1840. The number of aromatic amines is 1. The highest BCUT2D eigenvalue weighted by atomic mass is 32.2. The maximum absolute atomic E-state index is 13.9. The van der Waals surface area contributed by atoms with Gasteiger partial charge in [0.05, 0.1) is 22.5 Å². The first kappa shape index (κ1) is 27.4. The van der Waals surface area contributed by atoms with E-state index in [9.17, 15) is 19.2 Å². The minimum Gasteiger partial charge on any atom is -0.484 e. The number of ether oxygens (including phenoxy) is 1. The molecule has 2 N–H and O–H groups in total. The van der Waals surface area contributed by atoms with Gasteiger partial charge in [-0.1, -0.05) is 59.4 Å². The number of aromatic nitrogens is 1. The van der Waals surface area contributed by atoms with Crippen LogP contribution in [0.3, 0.4) is 0 Å². The van der Waals surface area contributed by atoms with E-state index in [0.717, 1.165) is 27.5 Å². The average molecular weight is 624 g/mol. The fraction of sp³-hybridized carbons (Fsp3) is 0.294. The van der Waals surface area contributed by atoms with Crippen LogP contribution in [0, 0.1) is 36.5 Å². The Morgan fingerprint density at radius 2 is 1.64 bits per heavy atom. The molecule has 0 unspecified atom stereocenters. The molecule has 3 fully saturated rings. The van der Waals surface area contributed by atoms with Crippen LogP contribution >= 0.6 is 23.1 Å². The minimum atomic E-state index is -0.344. The van der Waals surface area contributed by atoms with Crippen LogP contribution in [-0.2, 0) is 14.4 Å². The Labute approximate surface area is 261 Å². The van der Waals surface area contributed by atoms with Gasteiger partial charge in [-0.05, 0) is 73.1 Å². The minimum absolute atomic E-state index is 0.0458. The zero-order chi connectivity index (χ0) is 30.1. The van der Waals surface area contributed by atoms with E-state index in [-0.39, 0.29) is 70.0 Å². The molecule has 0 spiro atoms. The summed E-state index contributed by atoms with van der Waals surface area (Å²) in [6.45, 7) is 1.87. The number of rotatable bonds is 6. The smallest absolute Gasteiger partial charge is 0.305 e. The summed E-state index contributed by atoms with van der Waals surface area (Å²) in [5, 5.41) is 3.84. The molecule has 0 radical (unpaired) electrons. The van der Waals surface area contributed by atoms with Gasteiger partial charge in [0, 0.05) is 21.7 Å². The van der Waals surface area contributed by atoms with Gasteiger partial charge >= 0.3 is 4.87 Å². The van der Waals surface area contributed by atoms with E-state index in [1.807, 2.05) is 85.8 Å². The van der Waals surface area contributed by atoms with Gasteiger partial charge in [-0.25, -0.2) is 0 Å². The van der Waals surface area contributed by atoms with Gasteiger partial charge in [-0.2, -0.15) is 0 Å². The Morgan fingerprint density at radius 3 is 2.36 bits per heavy atom. The molecule has 3 aromatic carbocycles. The number of hydrogen-bond donors (Lipinski definition) is 2. The molecule has 222 valence electrons. The lowest BCUT2D eigenvalue weighted by atomic mass is 9.68. The van der Waals surface area contributed by atoms with Crippen LogP contribution in [0.5, 0.6) is 5.75 Å². The highest BCUT2D eigenvalue weighted by molar-refractivity contribution is 8.00. The Kier molecular flexibility index (Phi) is 6.53. The summed E-state index contributed by atoms with van der Waals surface area (Å²) in [6, 6.07) is 24.5. The van der Waals surface area contributed by atoms with Crippen LogP contribution in [0.2, 0.25) is 0 Å². The largest absolute Gasteiger partial charge is 0.484 e. The SMILES string of the molecule is Cc1ccc(NC(=O)COc2ccc([C@@H]3c4sc(=O)[nH]c4S[C@@H]4[C@@H]5C[C@@H]([C@@H]6C(=O)N(c7ccccc7)C(=O)[C@@H]56)[C@H]34)cc2)cc1. The first-order valence-electron chi connectivity index (χ1n) is 14.8. The molecule has 3 heterocycles. The maximum atomic E-state index is 13.9. The third-order valence-electron chi connectivity index (χ3n) is 9.68. The number of hydrogen-bond acceptors (Lipinski definition) is 7. The molecule has 2 saturated carbocycles. The van der Waals surface area contributed by atoms with Crippen molar-refractivity contribution >= 4 is 52.2 Å². The monoisotopic (exact) mass is 623 g/mol. The second kappa shape index (κ2) is 10.5. The molecule has 2 bridgehead atoms. The van der Waals surface area contributed by atoms with E-state index in [4.69, 9.17) is 4.74 Å². The van der Waals surface area contributed by atoms with Crippen molar-refractivity contribution in [2.45, 2.75) is 29.5 Å². The number of benzene rings is 3. The van der Waals surface area contributed by atoms with Gasteiger partial charge in [-0.15, -0.1) is 11.8 Å². The number of para-hydroxylation sites is 1. The van der Waals surface area contributed by atoms with Crippen molar-refractivity contribution in [2.75, 3.05) is 16.8 Å². The van der Waals surface area contributed by atoms with Crippen LogP contribution in [0.15, 0.2) is 88.7 Å². The molecule has 4 aliphatic rings. The van der Waals surface area contributed by atoms with E-state index < -0.39 is 0 Å². The van der Waals surface area contributed by atoms with Crippen molar-refractivity contribution in [1.29, 1.82) is 0 Å². The summed E-state index contributed by atoms with van der Waals surface area (Å²) in [4.78, 5) is 57.9. The second-order valence-corrected chi connectivity index (χ2v) is 14.3. The van der Waals surface area contributed by atoms with E-state index in [1.165, 1.54) is 16.2 Å². The Balaban J connectivity index is 1.05. The van der Waals surface area contributed by atoms with Gasteiger partial charge in [-0.3, -0.25) is 24.1 Å². The van der Waals surface area contributed by atoms with Crippen molar-refractivity contribution < 1.29 is 19.1 Å². The molecule has 2 aliphatic heterocycles. The molecule has 4 aromatic rings. The molecule has 2 aliphatic carbocycles. The molecule has 44 heavy (non-hydrogen) atoms. The number of thiazole rings is 1. The Hall–Kier alpha value is -4.15. The fourth-order valence-electron chi connectivity index (χ4n) is 7.98. The topological polar surface area (TPSA) is 109 Å². The standard InChI is InChI=1S/C34H29N3O5S2/c1-17-7-11-19(12-8-17)35-24(38)16-42-21-13-9-18(10-14-21)25-26-22-15-23(29(26)43-31-30(25)44-34(41)36-31)28-27(22)32(39)37(33(28)40)20-5-3-2-4-6-20/h2-14,22-23,25-29H,15-16H2,1H3,(H,35,38)(H,36,41)/t22-,23-,25+,26-,27+,28+,29-/m1/s1. The predicted octanol–water partition coefficient (Wildman–Crippen LogP) is 5.44. The molecule has 10 heteroatoms. The summed E-state index contributed by atoms with van der Waals surface area (Å²) in [7, 11) is 0. The quantitative estimate of drug-likeness (QED) is 0.277. The Morgan fingerprint density at radius 1 is 0.932 bits per heavy atom. The van der Waals surface area contributed by atoms with Crippen molar-refractivity contribution in [3.05, 3.63) is 105 Å². The summed E-state index contributed by atoms with van der Waals surface area (Å²) in [6.07, 6.45) is 0.838. The number of anilines is 2. The third-order valence-corrected chi connectivity index (χ3v) is 12.3. The van der Waals surface area contributed by atoms with E-state index in [0.29, 0.717) is 17.1 Å². The molecule has 8 nitrogen and oxygen atoms in total. The van der Waals surface area contributed by atoms with Crippen LogP contribution in [-0.4, -0.2) is 34.6 Å². The van der Waals surface area contributed by atoms with Gasteiger partial charge in [0.1, 0.15) is 5.75 Å². The van der Waals surface area contributed by atoms with Crippen LogP contribution < -0.4 is 19.8 Å². The number of thioether (sulfide) groups is 1. The molecule has 3 amide bonds. The molecule has 1 saturated heterocycles. The summed E-state index contributed by atoms with van der Waals surface area (Å²) in [5.41, 5.74) is 3.50. The van der Waals surface area contributed by atoms with Crippen LogP contribution in [0.25, 0.3) is 0 Å². The molecular formula is C34H29N3O5S2. The second-order valence-electron chi connectivity index (χ2n) is 12.1. The molecule has 7 atom stereocenters. The van der Waals surface area contributed by atoms with Gasteiger partial charge < -0.3 is 15.0 Å². The highest BCUT2D eigenvalue weighted by Crippen LogP contribution is 2.68. The van der Waals surface area contributed by atoms with Gasteiger partial charge in [0.25, 0.3) is 5.91 Å². The number of fused-ring (bicyclic) bond motifs is 9. The number of carbonyl (C=O) groups is 3. The lowest BCUT2D eigenvalue weighted by molar-refractivity contribution is -0.123. The number of nitrogens with one attached hydrogen (secondary N) is 2. The number of imide groups is 1. The van der Waals surface area contributed by atoms with Gasteiger partial charge in [0.2, 0.25) is 11.8 Å². The number of carbonyl (C=O) groups excluding carboxylic acids is 3. The zero-order valence-electron chi connectivity index (χ0n) is 23.8. The summed E-state index contributed by atoms with van der Waals surface area (Å²) < 4.78 is 5.79. The number of aryl methyl sites for hydroxylation is 1. The lowest BCUT2D eigenvalue weighted by Crippen LogP contribution is -2.42. The number of nitrogens with zero attached hydrogens (tertiary/aromatic N) is 1. The number of amides is 3. The zero-order valence-corrected chi connectivity index (χ0v) is 25.4. The van der Waals surface area contributed by atoms with Crippen molar-refractivity contribution in [3.8, 4) is 5.75 Å². The average Bonchev–Trinajstić information content (AvgIpc) is 3.77. The predicted molar refractivity (Wildman–Crippen MR) is 169 cm³/mol. The van der Waals surface area contributed by atoms with Crippen LogP contribution in [0.4, 0.5) is 11.4 Å². The highest BCUT2D eigenvalue weighted by Gasteiger charge is 2.69. The number of H-pyrrole nitrogens is 1. The third kappa shape index (κ3) is 4.34. The van der Waals surface area contributed by atoms with Crippen molar-refractivity contribution in [2.24, 2.45) is 29.6 Å². The van der Waals surface area contributed by atoms with Crippen molar-refractivity contribution in [3.63, 3.8) is 0 Å². The van der Waals surface area contributed by atoms with E-state index >= 15 is 0 Å². The van der Waals surface area contributed by atoms with Crippen molar-refractivity contribution in [1.82, 2.24) is 4.98 Å². The fourth-order valence-corrected chi connectivity index (χ4v) is 10.9. The summed E-state index contributed by atoms with van der Waals surface area (Å²) in [5.74, 6) is -0.381. The lowest BCUT2D eigenvalue weighted by Gasteiger charge is -2.43. The summed E-state index contributed by atoms with van der Waals surface area (Å²) >= 11 is 2.91. The van der Waals surface area contributed by atoms with Gasteiger partial charge in [0.15, 0.2) is 6.61 Å². The molecule has 1 aromatic heterocycles. The normalized spacial score (nSPS) is 28.0. The first-order valence-corrected chi connectivity index (χ1v) is 16.5.